The fraction of sp³-hybridized carbons (Fsp3) is 0.0769. The van der Waals surface area contributed by atoms with Gasteiger partial charge in [-0.25, -0.2) is 4.98 Å². The number of Topliss-reactive ketones (excluding diaryl/α,β-unsaturated/α-hetero) is 1. The van der Waals surface area contributed by atoms with Crippen LogP contribution in [0.15, 0.2) is 36.4 Å². The molecular formula is C13H9NO2. The van der Waals surface area contributed by atoms with Crippen LogP contribution in [0.4, 0.5) is 0 Å². The Morgan fingerprint density at radius 1 is 1.25 bits per heavy atom. The number of aliphatic hydroxyl groups is 1. The van der Waals surface area contributed by atoms with Crippen molar-refractivity contribution in [1.82, 2.24) is 4.98 Å². The number of carbonyl (C=O) groups excluding carboxylic acids is 1. The van der Waals surface area contributed by atoms with E-state index in [1.165, 1.54) is 6.08 Å². The lowest BCUT2D eigenvalue weighted by Crippen LogP contribution is -2.22. The minimum atomic E-state index is -1.03. The highest BCUT2D eigenvalue weighted by molar-refractivity contribution is 6.07. The number of rotatable bonds is 0. The van der Waals surface area contributed by atoms with Crippen LogP contribution in [-0.2, 0) is 0 Å². The maximum Gasteiger partial charge on any atom is 0.197 e. The molecule has 78 valence electrons. The summed E-state index contributed by atoms with van der Waals surface area (Å²) in [6.45, 7) is 0. The molecule has 0 bridgehead atoms. The Kier molecular flexibility index (Phi) is 1.88. The van der Waals surface area contributed by atoms with Crippen LogP contribution in [0.25, 0.3) is 17.0 Å². The molecule has 3 nitrogen and oxygen atoms in total. The minimum absolute atomic E-state index is 0.282. The third kappa shape index (κ3) is 1.26. The summed E-state index contributed by atoms with van der Waals surface area (Å²) in [4.78, 5) is 16.1. The largest absolute Gasteiger partial charge is 0.381 e. The first kappa shape index (κ1) is 9.24. The minimum Gasteiger partial charge on any atom is -0.381 e. The molecule has 0 spiro atoms. The van der Waals surface area contributed by atoms with E-state index >= 15 is 0 Å². The fourth-order valence-corrected chi connectivity index (χ4v) is 1.88. The Morgan fingerprint density at radius 2 is 2.06 bits per heavy atom. The number of benzene rings is 1. The van der Waals surface area contributed by atoms with Crippen molar-refractivity contribution in [3.8, 4) is 0 Å². The van der Waals surface area contributed by atoms with Crippen molar-refractivity contribution in [3.63, 3.8) is 0 Å². The first-order valence-electron chi connectivity index (χ1n) is 5.06. The van der Waals surface area contributed by atoms with Crippen LogP contribution in [0, 0.1) is 0 Å². The van der Waals surface area contributed by atoms with Gasteiger partial charge in [0, 0.05) is 10.9 Å². The molecule has 3 heteroatoms. The molecule has 1 aromatic carbocycles. The zero-order valence-electron chi connectivity index (χ0n) is 8.42. The first-order valence-corrected chi connectivity index (χ1v) is 5.06. The van der Waals surface area contributed by atoms with Gasteiger partial charge in [0.2, 0.25) is 0 Å². The highest BCUT2D eigenvalue weighted by Gasteiger charge is 2.22. The lowest BCUT2D eigenvalue weighted by molar-refractivity contribution is 0.0818. The van der Waals surface area contributed by atoms with Gasteiger partial charge in [0.15, 0.2) is 5.78 Å². The third-order valence-corrected chi connectivity index (χ3v) is 2.72. The van der Waals surface area contributed by atoms with E-state index in [0.717, 1.165) is 10.9 Å². The number of hydrogen-bond acceptors (Lipinski definition) is 3. The second-order valence-corrected chi connectivity index (χ2v) is 3.78. The summed E-state index contributed by atoms with van der Waals surface area (Å²) in [5.41, 5.74) is 1.98. The van der Waals surface area contributed by atoms with Gasteiger partial charge < -0.3 is 5.11 Å². The van der Waals surface area contributed by atoms with E-state index in [4.69, 9.17) is 0 Å². The molecule has 1 atom stereocenters. The Balaban J connectivity index is 2.33. The van der Waals surface area contributed by atoms with Crippen molar-refractivity contribution in [2.45, 2.75) is 6.10 Å². The van der Waals surface area contributed by atoms with E-state index in [0.29, 0.717) is 11.3 Å². The van der Waals surface area contributed by atoms with Crippen LogP contribution in [0.5, 0.6) is 0 Å². The number of fused-ring (bicyclic) bond motifs is 2. The van der Waals surface area contributed by atoms with Gasteiger partial charge in [0.25, 0.3) is 0 Å². The second-order valence-electron chi connectivity index (χ2n) is 3.78. The summed E-state index contributed by atoms with van der Waals surface area (Å²) in [6, 6.07) is 9.40. The number of nitrogens with zero attached hydrogens (tertiary/aromatic N) is 1. The summed E-state index contributed by atoms with van der Waals surface area (Å²) in [7, 11) is 0. The van der Waals surface area contributed by atoms with E-state index < -0.39 is 6.10 Å². The van der Waals surface area contributed by atoms with Crippen molar-refractivity contribution in [2.75, 3.05) is 0 Å². The molecule has 3 rings (SSSR count). The number of carbonyl (C=O) groups is 1. The van der Waals surface area contributed by atoms with Crippen LogP contribution in [-0.4, -0.2) is 22.0 Å². The van der Waals surface area contributed by atoms with Gasteiger partial charge >= 0.3 is 0 Å². The van der Waals surface area contributed by atoms with E-state index in [1.54, 1.807) is 12.1 Å². The van der Waals surface area contributed by atoms with E-state index in [9.17, 15) is 9.90 Å². The maximum atomic E-state index is 11.7. The summed E-state index contributed by atoms with van der Waals surface area (Å²) in [5.74, 6) is -0.282. The lowest BCUT2D eigenvalue weighted by Gasteiger charge is -2.13. The summed E-state index contributed by atoms with van der Waals surface area (Å²) < 4.78 is 0. The Morgan fingerprint density at radius 3 is 2.94 bits per heavy atom. The van der Waals surface area contributed by atoms with Crippen molar-refractivity contribution < 1.29 is 9.90 Å². The first-order chi connectivity index (χ1) is 7.75. The normalized spacial score (nSPS) is 18.8. The van der Waals surface area contributed by atoms with E-state index in [1.807, 2.05) is 24.3 Å². The van der Waals surface area contributed by atoms with Gasteiger partial charge in [0.05, 0.1) is 11.2 Å². The number of aromatic nitrogens is 1. The van der Waals surface area contributed by atoms with Crippen molar-refractivity contribution >= 4 is 22.8 Å². The summed E-state index contributed by atoms with van der Waals surface area (Å²) in [5, 5.41) is 10.3. The Hall–Kier alpha value is -2.00. The molecule has 0 fully saturated rings. The molecule has 1 unspecified atom stereocenters. The number of hydrogen-bond donors (Lipinski definition) is 1. The van der Waals surface area contributed by atoms with Gasteiger partial charge in [0.1, 0.15) is 6.10 Å². The van der Waals surface area contributed by atoms with Crippen molar-refractivity contribution in [3.05, 3.63) is 47.7 Å². The van der Waals surface area contributed by atoms with Crippen LogP contribution < -0.4 is 0 Å². The molecule has 1 aromatic heterocycles. The monoisotopic (exact) mass is 211 g/mol. The smallest absolute Gasteiger partial charge is 0.197 e. The van der Waals surface area contributed by atoms with E-state index in [2.05, 4.69) is 4.98 Å². The van der Waals surface area contributed by atoms with Gasteiger partial charge in [-0.1, -0.05) is 18.2 Å². The fourth-order valence-electron chi connectivity index (χ4n) is 1.88. The van der Waals surface area contributed by atoms with Crippen LogP contribution in [0.3, 0.4) is 0 Å². The van der Waals surface area contributed by atoms with Gasteiger partial charge in [-0.3, -0.25) is 4.79 Å². The Labute approximate surface area is 92.1 Å². The molecule has 16 heavy (non-hydrogen) atoms. The zero-order valence-corrected chi connectivity index (χ0v) is 8.42. The number of ketones is 1. The Bertz CT molecular complexity index is 616. The summed E-state index contributed by atoms with van der Waals surface area (Å²) in [6.07, 6.45) is 2.12. The van der Waals surface area contributed by atoms with E-state index in [-0.39, 0.29) is 5.78 Å². The number of pyridine rings is 1. The molecule has 0 amide bonds. The van der Waals surface area contributed by atoms with Crippen LogP contribution in [0.1, 0.15) is 16.1 Å². The number of para-hydroxylation sites is 1. The molecule has 1 aliphatic carbocycles. The van der Waals surface area contributed by atoms with Crippen molar-refractivity contribution in [1.29, 1.82) is 0 Å². The maximum absolute atomic E-state index is 11.7. The van der Waals surface area contributed by atoms with Gasteiger partial charge in [-0.2, -0.15) is 0 Å². The molecule has 1 aliphatic rings. The molecule has 0 aliphatic heterocycles. The topological polar surface area (TPSA) is 50.2 Å². The van der Waals surface area contributed by atoms with Crippen LogP contribution in [0.2, 0.25) is 0 Å². The summed E-state index contributed by atoms with van der Waals surface area (Å²) >= 11 is 0. The molecule has 0 saturated carbocycles. The molecule has 0 saturated heterocycles. The molecule has 1 N–H and O–H groups in total. The zero-order chi connectivity index (χ0) is 11.1. The van der Waals surface area contributed by atoms with Crippen molar-refractivity contribution in [2.24, 2.45) is 0 Å². The molecular weight excluding hydrogens is 202 g/mol. The highest BCUT2D eigenvalue weighted by Crippen LogP contribution is 2.22. The lowest BCUT2D eigenvalue weighted by atomic mass is 9.97. The third-order valence-electron chi connectivity index (χ3n) is 2.72. The van der Waals surface area contributed by atoms with Crippen LogP contribution >= 0.6 is 0 Å². The molecule has 0 radical (unpaired) electrons. The highest BCUT2D eigenvalue weighted by atomic mass is 16.3. The molecule has 1 heterocycles. The quantitative estimate of drug-likeness (QED) is 0.723. The molecule has 2 aromatic rings. The van der Waals surface area contributed by atoms with Gasteiger partial charge in [-0.15, -0.1) is 0 Å². The SMILES string of the molecule is O=C1c2cc3ccccc3nc2C=CC1O. The second kappa shape index (κ2) is 3.25. The average molecular weight is 211 g/mol. The number of aliphatic hydroxyl groups excluding tert-OH is 1. The predicted octanol–water partition coefficient (Wildman–Crippen LogP) is 1.81. The average Bonchev–Trinajstić information content (AvgIpc) is 2.32. The standard InChI is InChI=1S/C13H9NO2/c15-12-6-5-11-9(13(12)16)7-8-3-1-2-4-10(8)14-11/h1-7,12,15H. The van der Waals surface area contributed by atoms with Gasteiger partial charge in [-0.05, 0) is 24.3 Å². The predicted molar refractivity (Wildman–Crippen MR) is 61.1 cm³/mol.